The molecule has 0 spiro atoms. The van der Waals surface area contributed by atoms with Crippen molar-refractivity contribution in [2.75, 3.05) is 7.11 Å². The number of carbonyl (C=O) groups excluding carboxylic acids is 1. The van der Waals surface area contributed by atoms with Gasteiger partial charge in [0.05, 0.1) is 0 Å². The molecule has 0 saturated carbocycles. The smallest absolute Gasteiger partial charge is 0.306 e. The number of methoxy groups -OCH3 is 1. The van der Waals surface area contributed by atoms with E-state index in [1.54, 1.807) is 7.11 Å². The Kier molecular flexibility index (Phi) is 2.70. The van der Waals surface area contributed by atoms with E-state index in [2.05, 4.69) is 0 Å². The third-order valence-electron chi connectivity index (χ3n) is 2.60. The van der Waals surface area contributed by atoms with E-state index in [0.29, 0.717) is 12.8 Å². The Morgan fingerprint density at radius 3 is 2.67 bits per heavy atom. The van der Waals surface area contributed by atoms with Crippen LogP contribution in [0.5, 0.6) is 0 Å². The normalized spacial score (nSPS) is 39.4. The zero-order valence-corrected chi connectivity index (χ0v) is 9.19. The summed E-state index contributed by atoms with van der Waals surface area (Å²) in [6.45, 7) is 3.63. The minimum absolute atomic E-state index is 0.178. The van der Waals surface area contributed by atoms with Gasteiger partial charge in [-0.1, -0.05) is 0 Å². The first kappa shape index (κ1) is 10.9. The van der Waals surface area contributed by atoms with Gasteiger partial charge >= 0.3 is 5.97 Å². The third-order valence-corrected chi connectivity index (χ3v) is 2.60. The number of hydrogen-bond acceptors (Lipinski definition) is 5. The summed E-state index contributed by atoms with van der Waals surface area (Å²) in [6.07, 6.45) is 0.0843. The van der Waals surface area contributed by atoms with Gasteiger partial charge in [0.15, 0.2) is 12.1 Å². The molecule has 3 atom stereocenters. The van der Waals surface area contributed by atoms with Crippen molar-refractivity contribution in [3.8, 4) is 0 Å². The first-order valence-electron chi connectivity index (χ1n) is 5.10. The van der Waals surface area contributed by atoms with E-state index < -0.39 is 12.1 Å². The van der Waals surface area contributed by atoms with E-state index in [1.807, 2.05) is 13.8 Å². The van der Waals surface area contributed by atoms with Crippen LogP contribution in [-0.4, -0.2) is 37.4 Å². The second-order valence-corrected chi connectivity index (χ2v) is 4.27. The standard InChI is InChI=1S/C10H16O5/c1-10(2)14-8(9(12-3)15-10)6-4-5-7(11)13-6/h6,8-9H,4-5H2,1-3H3. The molecule has 0 aliphatic carbocycles. The van der Waals surface area contributed by atoms with Crippen LogP contribution in [0.25, 0.3) is 0 Å². The molecule has 2 saturated heterocycles. The fourth-order valence-corrected chi connectivity index (χ4v) is 1.97. The van der Waals surface area contributed by atoms with Crippen molar-refractivity contribution in [3.63, 3.8) is 0 Å². The van der Waals surface area contributed by atoms with Gasteiger partial charge in [-0.25, -0.2) is 0 Å². The van der Waals surface area contributed by atoms with Crippen molar-refractivity contribution in [1.29, 1.82) is 0 Å². The molecule has 5 heteroatoms. The minimum Gasteiger partial charge on any atom is -0.459 e. The molecule has 0 aromatic heterocycles. The topological polar surface area (TPSA) is 54.0 Å². The molecular weight excluding hydrogens is 200 g/mol. The van der Waals surface area contributed by atoms with Gasteiger partial charge in [0, 0.05) is 13.5 Å². The lowest BCUT2D eigenvalue weighted by Gasteiger charge is -2.20. The highest BCUT2D eigenvalue weighted by molar-refractivity contribution is 5.71. The summed E-state index contributed by atoms with van der Waals surface area (Å²) in [5.74, 6) is -0.858. The van der Waals surface area contributed by atoms with Crippen LogP contribution in [0, 0.1) is 0 Å². The molecule has 2 aliphatic rings. The highest BCUT2D eigenvalue weighted by atomic mass is 16.8. The lowest BCUT2D eigenvalue weighted by Crippen LogP contribution is -2.36. The van der Waals surface area contributed by atoms with E-state index in [4.69, 9.17) is 18.9 Å². The molecule has 0 N–H and O–H groups in total. The van der Waals surface area contributed by atoms with Crippen molar-refractivity contribution >= 4 is 5.97 Å². The van der Waals surface area contributed by atoms with Crippen LogP contribution in [0.2, 0.25) is 0 Å². The summed E-state index contributed by atoms with van der Waals surface area (Å²) < 4.78 is 21.5. The van der Waals surface area contributed by atoms with Crippen LogP contribution < -0.4 is 0 Å². The summed E-state index contributed by atoms with van der Waals surface area (Å²) >= 11 is 0. The minimum atomic E-state index is -0.680. The predicted molar refractivity (Wildman–Crippen MR) is 49.9 cm³/mol. The Balaban J connectivity index is 2.04. The number of carbonyl (C=O) groups is 1. The van der Waals surface area contributed by atoms with Gasteiger partial charge in [-0.3, -0.25) is 4.79 Å². The SMILES string of the molecule is COC1OC(C)(C)OC1C1CCC(=O)O1. The summed E-state index contributed by atoms with van der Waals surface area (Å²) in [5.41, 5.74) is 0. The number of ether oxygens (including phenoxy) is 4. The molecule has 2 rings (SSSR count). The summed E-state index contributed by atoms with van der Waals surface area (Å²) in [7, 11) is 1.55. The van der Waals surface area contributed by atoms with Gasteiger partial charge in [-0.05, 0) is 20.3 Å². The van der Waals surface area contributed by atoms with E-state index in [-0.39, 0.29) is 18.2 Å². The summed E-state index contributed by atoms with van der Waals surface area (Å²) in [6, 6.07) is 0. The molecule has 0 radical (unpaired) electrons. The van der Waals surface area contributed by atoms with Crippen LogP contribution in [0.3, 0.4) is 0 Å². The monoisotopic (exact) mass is 216 g/mol. The summed E-state index contributed by atoms with van der Waals surface area (Å²) in [4.78, 5) is 11.0. The molecule has 5 nitrogen and oxygen atoms in total. The average molecular weight is 216 g/mol. The van der Waals surface area contributed by atoms with E-state index in [1.165, 1.54) is 0 Å². The molecular formula is C10H16O5. The van der Waals surface area contributed by atoms with Crippen molar-refractivity contribution in [2.24, 2.45) is 0 Å². The molecule has 0 aromatic rings. The maximum Gasteiger partial charge on any atom is 0.306 e. The van der Waals surface area contributed by atoms with E-state index >= 15 is 0 Å². The number of esters is 1. The molecule has 2 aliphatic heterocycles. The maximum absolute atomic E-state index is 11.0. The van der Waals surface area contributed by atoms with Crippen LogP contribution in [0.15, 0.2) is 0 Å². The van der Waals surface area contributed by atoms with Crippen molar-refractivity contribution in [3.05, 3.63) is 0 Å². The van der Waals surface area contributed by atoms with Gasteiger partial charge < -0.3 is 18.9 Å². The van der Waals surface area contributed by atoms with Gasteiger partial charge in [-0.15, -0.1) is 0 Å². The zero-order valence-electron chi connectivity index (χ0n) is 9.19. The van der Waals surface area contributed by atoms with Gasteiger partial charge in [0.25, 0.3) is 0 Å². The van der Waals surface area contributed by atoms with Crippen LogP contribution in [0.1, 0.15) is 26.7 Å². The Bertz CT molecular complexity index is 263. The molecule has 0 aromatic carbocycles. The van der Waals surface area contributed by atoms with Crippen molar-refractivity contribution in [1.82, 2.24) is 0 Å². The molecule has 0 amide bonds. The van der Waals surface area contributed by atoms with Gasteiger partial charge in [-0.2, -0.15) is 0 Å². The van der Waals surface area contributed by atoms with Crippen LogP contribution >= 0.6 is 0 Å². The largest absolute Gasteiger partial charge is 0.459 e. The quantitative estimate of drug-likeness (QED) is 0.639. The zero-order chi connectivity index (χ0) is 11.1. The van der Waals surface area contributed by atoms with Crippen LogP contribution in [0.4, 0.5) is 0 Å². The van der Waals surface area contributed by atoms with Gasteiger partial charge in [0.2, 0.25) is 0 Å². The predicted octanol–water partition coefficient (Wildman–Crippen LogP) is 0.816. The molecule has 0 bridgehead atoms. The fourth-order valence-electron chi connectivity index (χ4n) is 1.97. The van der Waals surface area contributed by atoms with E-state index in [0.717, 1.165) is 0 Å². The lowest BCUT2D eigenvalue weighted by molar-refractivity contribution is -0.183. The maximum atomic E-state index is 11.0. The Morgan fingerprint density at radius 1 is 1.40 bits per heavy atom. The first-order valence-corrected chi connectivity index (χ1v) is 5.10. The highest BCUT2D eigenvalue weighted by Gasteiger charge is 2.48. The molecule has 15 heavy (non-hydrogen) atoms. The fraction of sp³-hybridized carbons (Fsp3) is 0.900. The van der Waals surface area contributed by atoms with Crippen molar-refractivity contribution < 1.29 is 23.7 Å². The molecule has 3 unspecified atom stereocenters. The lowest BCUT2D eigenvalue weighted by atomic mass is 10.1. The first-order chi connectivity index (χ1) is 7.02. The summed E-state index contributed by atoms with van der Waals surface area (Å²) in [5, 5.41) is 0. The number of cyclic esters (lactones) is 1. The van der Waals surface area contributed by atoms with Gasteiger partial charge in [0.1, 0.15) is 12.2 Å². The third kappa shape index (κ3) is 2.14. The average Bonchev–Trinajstić information content (AvgIpc) is 2.69. The molecule has 2 fully saturated rings. The second-order valence-electron chi connectivity index (χ2n) is 4.27. The number of hydrogen-bond donors (Lipinski definition) is 0. The van der Waals surface area contributed by atoms with E-state index in [9.17, 15) is 4.79 Å². The Hall–Kier alpha value is -0.650. The molecule has 2 heterocycles. The second kappa shape index (κ2) is 3.73. The number of rotatable bonds is 2. The molecule has 86 valence electrons. The van der Waals surface area contributed by atoms with Crippen LogP contribution in [-0.2, 0) is 23.7 Å². The Morgan fingerprint density at radius 2 is 2.13 bits per heavy atom. The Labute approximate surface area is 88.6 Å². The highest BCUT2D eigenvalue weighted by Crippen LogP contribution is 2.34. The van der Waals surface area contributed by atoms with Crippen molar-refractivity contribution in [2.45, 2.75) is 51.0 Å².